The van der Waals surface area contributed by atoms with Crippen LogP contribution in [0.3, 0.4) is 0 Å². The van der Waals surface area contributed by atoms with Gasteiger partial charge in [0.05, 0.1) is 13.2 Å². The normalized spacial score (nSPS) is 17.0. The van der Waals surface area contributed by atoms with Crippen LogP contribution >= 0.6 is 0 Å². The third-order valence-electron chi connectivity index (χ3n) is 5.16. The molecule has 1 aliphatic heterocycles. The van der Waals surface area contributed by atoms with Crippen LogP contribution in [0.4, 0.5) is 0 Å². The minimum atomic E-state index is -0.426. The highest BCUT2D eigenvalue weighted by molar-refractivity contribution is 4.81. The molecule has 0 aliphatic carbocycles. The Morgan fingerprint density at radius 1 is 0.875 bits per heavy atom. The first-order valence-corrected chi connectivity index (χ1v) is 10.5. The average molecular weight is 343 g/mol. The van der Waals surface area contributed by atoms with Gasteiger partial charge in [0.1, 0.15) is 0 Å². The lowest BCUT2D eigenvalue weighted by Crippen LogP contribution is -2.44. The van der Waals surface area contributed by atoms with Gasteiger partial charge in [0.15, 0.2) is 5.79 Å². The summed E-state index contributed by atoms with van der Waals surface area (Å²) in [6, 6.07) is 0. The van der Waals surface area contributed by atoms with Crippen molar-refractivity contribution in [1.82, 2.24) is 0 Å². The maximum Gasteiger partial charge on any atom is 0.168 e. The Labute approximate surface area is 150 Å². The van der Waals surface area contributed by atoms with E-state index in [9.17, 15) is 0 Å². The van der Waals surface area contributed by atoms with Gasteiger partial charge in [-0.05, 0) is 32.6 Å². The van der Waals surface area contributed by atoms with Gasteiger partial charge in [0, 0.05) is 25.0 Å². The van der Waals surface area contributed by atoms with Crippen molar-refractivity contribution in [2.75, 3.05) is 26.4 Å². The van der Waals surface area contributed by atoms with Crippen molar-refractivity contribution in [3.05, 3.63) is 0 Å². The molecular formula is C21H42O3. The molecule has 0 aromatic carbocycles. The minimum Gasteiger partial charge on any atom is -0.381 e. The van der Waals surface area contributed by atoms with Crippen molar-refractivity contribution < 1.29 is 14.2 Å². The highest BCUT2D eigenvalue weighted by atomic mass is 16.7. The highest BCUT2D eigenvalue weighted by Crippen LogP contribution is 2.35. The number of ether oxygens (including phenoxy) is 3. The summed E-state index contributed by atoms with van der Waals surface area (Å²) in [5.74, 6) is 0.755. The fraction of sp³-hybridized carbons (Fsp3) is 1.00. The first-order valence-electron chi connectivity index (χ1n) is 10.5. The van der Waals surface area contributed by atoms with Crippen LogP contribution < -0.4 is 0 Å². The number of hydrogen-bond acceptors (Lipinski definition) is 3. The summed E-state index contributed by atoms with van der Waals surface area (Å²) in [6.07, 6.45) is 12.6. The molecule has 24 heavy (non-hydrogen) atoms. The Hall–Kier alpha value is -0.120. The topological polar surface area (TPSA) is 27.7 Å². The van der Waals surface area contributed by atoms with E-state index >= 15 is 0 Å². The van der Waals surface area contributed by atoms with Crippen LogP contribution in [0.15, 0.2) is 0 Å². The molecule has 1 rings (SSSR count). The Bertz CT molecular complexity index is 281. The second kappa shape index (κ2) is 13.1. The van der Waals surface area contributed by atoms with Crippen molar-refractivity contribution in [3.63, 3.8) is 0 Å². The van der Waals surface area contributed by atoms with E-state index in [1.54, 1.807) is 0 Å². The van der Waals surface area contributed by atoms with Gasteiger partial charge in [-0.25, -0.2) is 0 Å². The van der Waals surface area contributed by atoms with Crippen LogP contribution in [0, 0.1) is 11.8 Å². The monoisotopic (exact) mass is 342 g/mol. The lowest BCUT2D eigenvalue weighted by molar-refractivity contribution is -0.263. The molecule has 0 bridgehead atoms. The van der Waals surface area contributed by atoms with Crippen molar-refractivity contribution >= 4 is 0 Å². The second-order valence-electron chi connectivity index (χ2n) is 7.61. The molecule has 0 aromatic rings. The molecule has 1 aliphatic rings. The largest absolute Gasteiger partial charge is 0.381 e. The molecule has 0 N–H and O–H groups in total. The van der Waals surface area contributed by atoms with E-state index in [1.165, 1.54) is 51.4 Å². The molecule has 0 spiro atoms. The molecular weight excluding hydrogens is 300 g/mol. The van der Waals surface area contributed by atoms with Gasteiger partial charge < -0.3 is 14.2 Å². The number of hydrogen-bond donors (Lipinski definition) is 0. The molecule has 0 aromatic heterocycles. The van der Waals surface area contributed by atoms with Gasteiger partial charge in [0.25, 0.3) is 0 Å². The summed E-state index contributed by atoms with van der Waals surface area (Å²) in [4.78, 5) is 0. The van der Waals surface area contributed by atoms with Gasteiger partial charge >= 0.3 is 0 Å². The standard InChI is InChI=1S/C21H42O3/c1-5-8-9-10-11-12-13-20(16-19-17-22-18-19)21(4,23-14-6-2)24-15-7-3/h19-20H,5-18H2,1-4H3. The average Bonchev–Trinajstić information content (AvgIpc) is 2.55. The fourth-order valence-electron chi connectivity index (χ4n) is 3.47. The maximum atomic E-state index is 6.25. The van der Waals surface area contributed by atoms with Crippen LogP contribution in [0.2, 0.25) is 0 Å². The van der Waals surface area contributed by atoms with E-state index < -0.39 is 5.79 Å². The molecule has 0 radical (unpaired) electrons. The second-order valence-corrected chi connectivity index (χ2v) is 7.61. The summed E-state index contributed by atoms with van der Waals surface area (Å²) in [5.41, 5.74) is 0. The predicted molar refractivity (Wildman–Crippen MR) is 101 cm³/mol. The van der Waals surface area contributed by atoms with E-state index in [2.05, 4.69) is 27.7 Å². The van der Waals surface area contributed by atoms with E-state index in [0.717, 1.165) is 39.3 Å². The summed E-state index contributed by atoms with van der Waals surface area (Å²) >= 11 is 0. The van der Waals surface area contributed by atoms with Crippen LogP contribution in [0.5, 0.6) is 0 Å². The van der Waals surface area contributed by atoms with Crippen LogP contribution in [0.1, 0.15) is 91.9 Å². The summed E-state index contributed by atoms with van der Waals surface area (Å²) in [5, 5.41) is 0. The highest BCUT2D eigenvalue weighted by Gasteiger charge is 2.38. The van der Waals surface area contributed by atoms with Crippen LogP contribution in [-0.2, 0) is 14.2 Å². The summed E-state index contributed by atoms with van der Waals surface area (Å²) in [6.45, 7) is 12.2. The Morgan fingerprint density at radius 2 is 1.46 bits per heavy atom. The van der Waals surface area contributed by atoms with Crippen LogP contribution in [-0.4, -0.2) is 32.2 Å². The van der Waals surface area contributed by atoms with Crippen molar-refractivity contribution in [2.45, 2.75) is 97.7 Å². The van der Waals surface area contributed by atoms with Crippen molar-refractivity contribution in [2.24, 2.45) is 11.8 Å². The van der Waals surface area contributed by atoms with E-state index in [1.807, 2.05) is 0 Å². The smallest absolute Gasteiger partial charge is 0.168 e. The minimum absolute atomic E-state index is 0.426. The molecule has 1 fully saturated rings. The molecule has 3 heteroatoms. The third kappa shape index (κ3) is 8.31. The zero-order valence-corrected chi connectivity index (χ0v) is 16.8. The molecule has 1 unspecified atom stereocenters. The van der Waals surface area contributed by atoms with Gasteiger partial charge in [-0.2, -0.15) is 0 Å². The quantitative estimate of drug-likeness (QED) is 0.256. The molecule has 1 atom stereocenters. The summed E-state index contributed by atoms with van der Waals surface area (Å²) in [7, 11) is 0. The zero-order valence-electron chi connectivity index (χ0n) is 16.8. The van der Waals surface area contributed by atoms with E-state index in [4.69, 9.17) is 14.2 Å². The molecule has 0 saturated carbocycles. The maximum absolute atomic E-state index is 6.25. The Kier molecular flexibility index (Phi) is 12.0. The van der Waals surface area contributed by atoms with Gasteiger partial charge in [-0.15, -0.1) is 0 Å². The first-order chi connectivity index (χ1) is 11.7. The first kappa shape index (κ1) is 21.9. The van der Waals surface area contributed by atoms with Crippen molar-refractivity contribution in [3.8, 4) is 0 Å². The lowest BCUT2D eigenvalue weighted by Gasteiger charge is -2.41. The van der Waals surface area contributed by atoms with Crippen molar-refractivity contribution in [1.29, 1.82) is 0 Å². The molecule has 0 amide bonds. The van der Waals surface area contributed by atoms with Crippen LogP contribution in [0.25, 0.3) is 0 Å². The third-order valence-corrected chi connectivity index (χ3v) is 5.16. The Balaban J connectivity index is 2.53. The summed E-state index contributed by atoms with van der Waals surface area (Å²) < 4.78 is 17.9. The SMILES string of the molecule is CCCCCCCCC(CC1COC1)C(C)(OCCC)OCCC. The predicted octanol–water partition coefficient (Wildman–Crippen LogP) is 5.96. The van der Waals surface area contributed by atoms with Gasteiger partial charge in [-0.3, -0.25) is 0 Å². The molecule has 144 valence electrons. The number of rotatable bonds is 16. The fourth-order valence-corrected chi connectivity index (χ4v) is 3.47. The molecule has 3 nitrogen and oxygen atoms in total. The molecule has 1 saturated heterocycles. The van der Waals surface area contributed by atoms with Gasteiger partial charge in [-0.1, -0.05) is 59.3 Å². The van der Waals surface area contributed by atoms with E-state index in [-0.39, 0.29) is 0 Å². The lowest BCUT2D eigenvalue weighted by atomic mass is 9.83. The van der Waals surface area contributed by atoms with Gasteiger partial charge in [0.2, 0.25) is 0 Å². The number of unbranched alkanes of at least 4 members (excludes halogenated alkanes) is 5. The molecule has 1 heterocycles. The zero-order chi connectivity index (χ0) is 17.7. The Morgan fingerprint density at radius 3 is 1.96 bits per heavy atom. The van der Waals surface area contributed by atoms with E-state index in [0.29, 0.717) is 11.8 Å².